The van der Waals surface area contributed by atoms with Crippen LogP contribution in [0.25, 0.3) is 44.4 Å². The highest BCUT2D eigenvalue weighted by molar-refractivity contribution is 7.90. The van der Waals surface area contributed by atoms with Crippen LogP contribution in [0, 0.1) is 24.1 Å². The molecule has 4 aromatic carbocycles. The first-order valence-electron chi connectivity index (χ1n) is 13.2. The molecule has 6 aromatic rings. The third-order valence-electron chi connectivity index (χ3n) is 7.26. The van der Waals surface area contributed by atoms with E-state index in [4.69, 9.17) is 4.74 Å². The quantitative estimate of drug-likeness (QED) is 0.179. The van der Waals surface area contributed by atoms with E-state index in [0.29, 0.717) is 38.2 Å². The zero-order chi connectivity index (χ0) is 30.3. The molecule has 0 N–H and O–H groups in total. The van der Waals surface area contributed by atoms with Crippen LogP contribution in [0.15, 0.2) is 107 Å². The number of ether oxygens (including phenoxy) is 1. The van der Waals surface area contributed by atoms with Gasteiger partial charge in [0, 0.05) is 22.1 Å². The Kier molecular flexibility index (Phi) is 7.18. The number of fused-ring (bicyclic) bond motifs is 1. The van der Waals surface area contributed by atoms with Crippen LogP contribution in [-0.4, -0.2) is 25.5 Å². The fourth-order valence-electron chi connectivity index (χ4n) is 5.19. The number of aryl methyl sites for hydroxylation is 1. The average molecular weight is 607 g/mol. The van der Waals surface area contributed by atoms with E-state index in [1.54, 1.807) is 66.0 Å². The summed E-state index contributed by atoms with van der Waals surface area (Å²) in [7, 11) is -2.88. The van der Waals surface area contributed by atoms with Crippen LogP contribution in [0.5, 0.6) is 0 Å². The van der Waals surface area contributed by atoms with Gasteiger partial charge in [-0.25, -0.2) is 21.6 Å². The van der Waals surface area contributed by atoms with E-state index in [-0.39, 0.29) is 10.4 Å². The summed E-state index contributed by atoms with van der Waals surface area (Å²) >= 11 is 1.23. The van der Waals surface area contributed by atoms with Gasteiger partial charge in [-0.3, -0.25) is 0 Å². The van der Waals surface area contributed by atoms with Crippen molar-refractivity contribution in [1.29, 1.82) is 5.26 Å². The third-order valence-corrected chi connectivity index (χ3v) is 9.80. The van der Waals surface area contributed by atoms with Crippen molar-refractivity contribution < 1.29 is 22.3 Å². The zero-order valence-electron chi connectivity index (χ0n) is 23.0. The summed E-state index contributed by atoms with van der Waals surface area (Å²) in [5.74, 6) is -0.981. The molecule has 212 valence electrons. The Balaban J connectivity index is 1.68. The summed E-state index contributed by atoms with van der Waals surface area (Å²) in [4.78, 5) is 12.4. The van der Waals surface area contributed by atoms with Crippen LogP contribution in [0.3, 0.4) is 0 Å². The SMILES string of the molecule is COC(=O)c1ccc(-c2cccc(-c3c(-c4ccsc4C#N)c4cc(F)ccc4n3S(=O)(=O)c3ccc(C)cc3)c2)cc1. The lowest BCUT2D eigenvalue weighted by Crippen LogP contribution is -2.14. The van der Waals surface area contributed by atoms with Crippen molar-refractivity contribution in [3.05, 3.63) is 124 Å². The number of benzene rings is 4. The van der Waals surface area contributed by atoms with Crippen molar-refractivity contribution in [2.24, 2.45) is 0 Å². The van der Waals surface area contributed by atoms with Gasteiger partial charge in [0.05, 0.1) is 28.8 Å². The first-order valence-corrected chi connectivity index (χ1v) is 15.5. The monoisotopic (exact) mass is 606 g/mol. The molecule has 6 rings (SSSR count). The lowest BCUT2D eigenvalue weighted by molar-refractivity contribution is 0.0600. The van der Waals surface area contributed by atoms with Crippen molar-refractivity contribution in [1.82, 2.24) is 3.97 Å². The molecule has 0 amide bonds. The minimum Gasteiger partial charge on any atom is -0.465 e. The van der Waals surface area contributed by atoms with E-state index >= 15 is 0 Å². The number of nitrogens with zero attached hydrogens (tertiary/aromatic N) is 2. The molecule has 0 fully saturated rings. The van der Waals surface area contributed by atoms with E-state index in [9.17, 15) is 22.9 Å². The first-order chi connectivity index (χ1) is 20.7. The highest BCUT2D eigenvalue weighted by atomic mass is 32.2. The third kappa shape index (κ3) is 4.91. The molecule has 0 spiro atoms. The van der Waals surface area contributed by atoms with E-state index in [1.165, 1.54) is 40.6 Å². The van der Waals surface area contributed by atoms with Crippen molar-refractivity contribution >= 4 is 38.2 Å². The number of hydrogen-bond acceptors (Lipinski definition) is 6. The number of halogens is 1. The molecule has 9 heteroatoms. The first kappa shape index (κ1) is 28.1. The van der Waals surface area contributed by atoms with Gasteiger partial charge >= 0.3 is 5.97 Å². The number of esters is 1. The largest absolute Gasteiger partial charge is 0.465 e. The zero-order valence-corrected chi connectivity index (χ0v) is 24.7. The van der Waals surface area contributed by atoms with Crippen LogP contribution in [0.4, 0.5) is 4.39 Å². The number of hydrogen-bond donors (Lipinski definition) is 0. The molecule has 0 unspecified atom stereocenters. The summed E-state index contributed by atoms with van der Waals surface area (Å²) in [6.45, 7) is 1.87. The summed E-state index contributed by atoms with van der Waals surface area (Å²) in [6, 6.07) is 28.7. The van der Waals surface area contributed by atoms with Crippen molar-refractivity contribution in [2.75, 3.05) is 7.11 Å². The molecule has 0 aliphatic heterocycles. The Morgan fingerprint density at radius 1 is 0.907 bits per heavy atom. The van der Waals surface area contributed by atoms with Gasteiger partial charge in [0.25, 0.3) is 10.0 Å². The predicted octanol–water partition coefficient (Wildman–Crippen LogP) is 8.05. The molecule has 0 bridgehead atoms. The van der Waals surface area contributed by atoms with E-state index in [1.807, 2.05) is 25.1 Å². The summed E-state index contributed by atoms with van der Waals surface area (Å²) in [5.41, 5.74) is 4.97. The van der Waals surface area contributed by atoms with Crippen molar-refractivity contribution in [3.63, 3.8) is 0 Å². The molecule has 0 aliphatic rings. The predicted molar refractivity (Wildman–Crippen MR) is 166 cm³/mol. The van der Waals surface area contributed by atoms with Gasteiger partial charge < -0.3 is 4.74 Å². The number of methoxy groups -OCH3 is 1. The van der Waals surface area contributed by atoms with Gasteiger partial charge in [-0.1, -0.05) is 48.0 Å². The Morgan fingerprint density at radius 3 is 2.33 bits per heavy atom. The second kappa shape index (κ2) is 11.0. The normalized spacial score (nSPS) is 11.4. The maximum absolute atomic E-state index is 14.8. The molecule has 43 heavy (non-hydrogen) atoms. The highest BCUT2D eigenvalue weighted by Crippen LogP contribution is 2.45. The molecule has 0 saturated heterocycles. The van der Waals surface area contributed by atoms with Crippen molar-refractivity contribution in [3.8, 4) is 39.6 Å². The van der Waals surface area contributed by atoms with Crippen molar-refractivity contribution in [2.45, 2.75) is 11.8 Å². The second-order valence-electron chi connectivity index (χ2n) is 9.89. The fourth-order valence-corrected chi connectivity index (χ4v) is 7.43. The van der Waals surface area contributed by atoms with Gasteiger partial charge in [0.15, 0.2) is 0 Å². The van der Waals surface area contributed by atoms with Crippen LogP contribution in [0.2, 0.25) is 0 Å². The van der Waals surface area contributed by atoms with E-state index in [0.717, 1.165) is 16.7 Å². The minimum atomic E-state index is -4.20. The van der Waals surface area contributed by atoms with Gasteiger partial charge in [0.1, 0.15) is 16.8 Å². The number of carbonyl (C=O) groups is 1. The minimum absolute atomic E-state index is 0.0764. The Hall–Kier alpha value is -5.04. The van der Waals surface area contributed by atoms with E-state index in [2.05, 4.69) is 6.07 Å². The maximum Gasteiger partial charge on any atom is 0.337 e. The van der Waals surface area contributed by atoms with Crippen LogP contribution in [-0.2, 0) is 14.8 Å². The molecular formula is C34H23FN2O4S2. The van der Waals surface area contributed by atoms with Crippen LogP contribution >= 0.6 is 11.3 Å². The second-order valence-corrected chi connectivity index (χ2v) is 12.6. The fraction of sp³-hybridized carbons (Fsp3) is 0.0588. The Bertz CT molecular complexity index is 2170. The highest BCUT2D eigenvalue weighted by Gasteiger charge is 2.30. The molecule has 2 heterocycles. The summed E-state index contributed by atoms with van der Waals surface area (Å²) in [5, 5.41) is 12.1. The number of nitriles is 1. The standard InChI is InChI=1S/C34H23FN2O4S2/c1-21-6-13-27(14-7-21)43(39,40)37-30-15-12-26(35)19-29(30)32(28-16-17-42-31(28)20-36)33(37)25-5-3-4-24(18-25)22-8-10-23(11-9-22)34(38)41-2/h3-19H,1-2H3. The number of carbonyl (C=O) groups excluding carboxylic acids is 1. The van der Waals surface area contributed by atoms with Gasteiger partial charge in [-0.05, 0) is 78.0 Å². The maximum atomic E-state index is 14.8. The number of rotatable bonds is 6. The smallest absolute Gasteiger partial charge is 0.337 e. The summed E-state index contributed by atoms with van der Waals surface area (Å²) in [6.07, 6.45) is 0. The number of aromatic nitrogens is 1. The lowest BCUT2D eigenvalue weighted by atomic mass is 9.96. The summed E-state index contributed by atoms with van der Waals surface area (Å²) < 4.78 is 49.7. The molecule has 0 atom stereocenters. The van der Waals surface area contributed by atoms with Gasteiger partial charge in [-0.2, -0.15) is 5.26 Å². The van der Waals surface area contributed by atoms with Crippen LogP contribution in [0.1, 0.15) is 20.8 Å². The van der Waals surface area contributed by atoms with Crippen LogP contribution < -0.4 is 0 Å². The van der Waals surface area contributed by atoms with E-state index < -0.39 is 21.8 Å². The molecule has 0 radical (unpaired) electrons. The molecule has 2 aromatic heterocycles. The Morgan fingerprint density at radius 2 is 1.63 bits per heavy atom. The molecule has 0 aliphatic carbocycles. The number of thiophene rings is 1. The topological polar surface area (TPSA) is 89.2 Å². The lowest BCUT2D eigenvalue weighted by Gasteiger charge is -2.15. The van der Waals surface area contributed by atoms with Gasteiger partial charge in [0.2, 0.25) is 0 Å². The molecular weight excluding hydrogens is 584 g/mol. The Labute approximate surface area is 251 Å². The molecule has 0 saturated carbocycles. The molecule has 6 nitrogen and oxygen atoms in total. The van der Waals surface area contributed by atoms with Gasteiger partial charge in [-0.15, -0.1) is 11.3 Å². The average Bonchev–Trinajstić information content (AvgIpc) is 3.63.